The topological polar surface area (TPSA) is 158 Å². The molecule has 4 N–H and O–H groups in total. The first kappa shape index (κ1) is 23.3. The maximum Gasteiger partial charge on any atom is 0.338 e. The number of aliphatic hydroxyl groups excluding tert-OH is 2. The first-order chi connectivity index (χ1) is 9.74. The Morgan fingerprint density at radius 2 is 1.19 bits per heavy atom. The second kappa shape index (κ2) is 17.2. The van der Waals surface area contributed by atoms with E-state index in [1.807, 2.05) is 0 Å². The zero-order valence-electron chi connectivity index (χ0n) is 11.0. The molecule has 1 aliphatic heterocycles. The van der Waals surface area contributed by atoms with Crippen LogP contribution in [-0.2, 0) is 23.9 Å². The van der Waals surface area contributed by atoms with Gasteiger partial charge in [-0.2, -0.15) is 0 Å². The molecule has 0 fully saturated rings. The van der Waals surface area contributed by atoms with Crippen molar-refractivity contribution in [2.75, 3.05) is 13.2 Å². The quantitative estimate of drug-likeness (QED) is 0.295. The van der Waals surface area contributed by atoms with Crippen molar-refractivity contribution in [3.05, 3.63) is 37.5 Å². The van der Waals surface area contributed by atoms with Crippen molar-refractivity contribution in [3.8, 4) is 0 Å². The highest BCUT2D eigenvalue weighted by atomic mass is 16.6. The number of rotatable bonds is 3. The van der Waals surface area contributed by atoms with Crippen LogP contribution >= 0.6 is 0 Å². The Morgan fingerprint density at radius 1 is 0.952 bits per heavy atom. The molecule has 0 saturated heterocycles. The summed E-state index contributed by atoms with van der Waals surface area (Å²) in [4.78, 5) is 38.3. The largest absolute Gasteiger partial charge is 0.478 e. The van der Waals surface area contributed by atoms with E-state index in [0.717, 1.165) is 24.3 Å². The molecule has 0 aromatic carbocycles. The SMILES string of the molecule is C=CC(=O)O.C=CC(=O)O.O=C1C=CC(=O)O1.OCCO. The predicted octanol–water partition coefficient (Wildman–Crippen LogP) is -0.889. The summed E-state index contributed by atoms with van der Waals surface area (Å²) in [6, 6.07) is 0. The fraction of sp³-hybridized carbons (Fsp3) is 0.167. The van der Waals surface area contributed by atoms with Crippen molar-refractivity contribution >= 4 is 23.9 Å². The van der Waals surface area contributed by atoms with Gasteiger partial charge in [-0.3, -0.25) is 0 Å². The zero-order valence-corrected chi connectivity index (χ0v) is 11.0. The third kappa shape index (κ3) is 31.7. The van der Waals surface area contributed by atoms with Gasteiger partial charge in [0, 0.05) is 24.3 Å². The summed E-state index contributed by atoms with van der Waals surface area (Å²) < 4.78 is 3.97. The van der Waals surface area contributed by atoms with Gasteiger partial charge >= 0.3 is 23.9 Å². The van der Waals surface area contributed by atoms with Crippen LogP contribution < -0.4 is 0 Å². The summed E-state index contributed by atoms with van der Waals surface area (Å²) >= 11 is 0. The Labute approximate surface area is 120 Å². The number of cyclic esters (lactones) is 2. The minimum Gasteiger partial charge on any atom is -0.478 e. The van der Waals surface area contributed by atoms with Crippen LogP contribution in [-0.4, -0.2) is 57.5 Å². The van der Waals surface area contributed by atoms with Crippen LogP contribution in [0, 0.1) is 0 Å². The van der Waals surface area contributed by atoms with Gasteiger partial charge in [0.15, 0.2) is 0 Å². The maximum absolute atomic E-state index is 9.92. The van der Waals surface area contributed by atoms with E-state index in [1.165, 1.54) is 0 Å². The number of hydrogen-bond donors (Lipinski definition) is 4. The number of carbonyl (C=O) groups is 4. The zero-order chi connectivity index (χ0) is 17.3. The standard InChI is InChI=1S/C4H2O3.2C3H4O2.C2H6O2/c5-3-1-2-4(6)7-3;2*1-2-3(4)5;3-1-2-4/h1-2H;2*2H,1H2,(H,4,5);3-4H,1-2H2. The van der Waals surface area contributed by atoms with Crippen LogP contribution in [0.15, 0.2) is 37.5 Å². The van der Waals surface area contributed by atoms with E-state index in [9.17, 15) is 19.2 Å². The highest BCUT2D eigenvalue weighted by Crippen LogP contribution is 1.92. The van der Waals surface area contributed by atoms with Crippen LogP contribution in [0.4, 0.5) is 0 Å². The van der Waals surface area contributed by atoms with Gasteiger partial charge in [-0.15, -0.1) is 0 Å². The van der Waals surface area contributed by atoms with Crippen molar-refractivity contribution in [1.29, 1.82) is 0 Å². The second-order valence-electron chi connectivity index (χ2n) is 2.61. The average Bonchev–Trinajstić information content (AvgIpc) is 2.83. The molecule has 0 bridgehead atoms. The van der Waals surface area contributed by atoms with Crippen molar-refractivity contribution in [2.24, 2.45) is 0 Å². The highest BCUT2D eigenvalue weighted by Gasteiger charge is 2.10. The van der Waals surface area contributed by atoms with E-state index in [4.69, 9.17) is 20.4 Å². The molecule has 1 aliphatic rings. The Bertz CT molecular complexity index is 360. The van der Waals surface area contributed by atoms with Gasteiger partial charge in [-0.05, 0) is 0 Å². The molecule has 0 unspecified atom stereocenters. The van der Waals surface area contributed by atoms with Gasteiger partial charge in [0.25, 0.3) is 0 Å². The lowest BCUT2D eigenvalue weighted by Crippen LogP contribution is -1.96. The minimum atomic E-state index is -0.981. The molecule has 0 aromatic rings. The fourth-order valence-electron chi connectivity index (χ4n) is 0.303. The number of aliphatic hydroxyl groups is 2. The molecule has 9 nitrogen and oxygen atoms in total. The van der Waals surface area contributed by atoms with Crippen LogP contribution in [0.5, 0.6) is 0 Å². The van der Waals surface area contributed by atoms with Gasteiger partial charge < -0.3 is 25.2 Å². The molecule has 0 radical (unpaired) electrons. The lowest BCUT2D eigenvalue weighted by Gasteiger charge is -1.80. The van der Waals surface area contributed by atoms with E-state index in [0.29, 0.717) is 0 Å². The summed E-state index contributed by atoms with van der Waals surface area (Å²) in [5.41, 5.74) is 0. The number of carbonyl (C=O) groups excluding carboxylic acids is 2. The van der Waals surface area contributed by atoms with E-state index >= 15 is 0 Å². The van der Waals surface area contributed by atoms with Crippen molar-refractivity contribution in [2.45, 2.75) is 0 Å². The molecule has 21 heavy (non-hydrogen) atoms. The lowest BCUT2D eigenvalue weighted by atomic mass is 10.6. The van der Waals surface area contributed by atoms with Gasteiger partial charge in [-0.1, -0.05) is 13.2 Å². The number of aliphatic carboxylic acids is 2. The number of carboxylic acid groups (broad SMARTS) is 2. The van der Waals surface area contributed by atoms with Crippen LogP contribution in [0.2, 0.25) is 0 Å². The summed E-state index contributed by atoms with van der Waals surface area (Å²) in [5.74, 6) is -3.12. The monoisotopic (exact) mass is 304 g/mol. The van der Waals surface area contributed by atoms with Crippen LogP contribution in [0.1, 0.15) is 0 Å². The van der Waals surface area contributed by atoms with E-state index < -0.39 is 23.9 Å². The lowest BCUT2D eigenvalue weighted by molar-refractivity contribution is -0.150. The smallest absolute Gasteiger partial charge is 0.338 e. The van der Waals surface area contributed by atoms with E-state index in [2.05, 4.69) is 17.9 Å². The van der Waals surface area contributed by atoms with Gasteiger partial charge in [0.05, 0.1) is 13.2 Å². The third-order valence-electron chi connectivity index (χ3n) is 1.01. The van der Waals surface area contributed by atoms with Gasteiger partial charge in [0.2, 0.25) is 0 Å². The molecular weight excluding hydrogens is 288 g/mol. The molecule has 1 rings (SSSR count). The molecule has 118 valence electrons. The fourth-order valence-corrected chi connectivity index (χ4v) is 0.303. The summed E-state index contributed by atoms with van der Waals surface area (Å²) in [5, 5.41) is 30.5. The second-order valence-corrected chi connectivity index (χ2v) is 2.61. The number of carboxylic acids is 2. The number of hydrogen-bond acceptors (Lipinski definition) is 7. The molecule has 0 aromatic heterocycles. The first-order valence-corrected chi connectivity index (χ1v) is 5.11. The molecule has 0 atom stereocenters. The summed E-state index contributed by atoms with van der Waals surface area (Å²) in [6.07, 6.45) is 3.84. The summed E-state index contributed by atoms with van der Waals surface area (Å²) in [6.45, 7) is 5.67. The minimum absolute atomic E-state index is 0.125. The predicted molar refractivity (Wildman–Crippen MR) is 70.1 cm³/mol. The highest BCUT2D eigenvalue weighted by molar-refractivity contribution is 6.04. The van der Waals surface area contributed by atoms with Crippen molar-refractivity contribution in [3.63, 3.8) is 0 Å². The van der Waals surface area contributed by atoms with Crippen LogP contribution in [0.3, 0.4) is 0 Å². The number of esters is 2. The molecule has 0 amide bonds. The molecular formula is C12H16O9. The Kier molecular flexibility index (Phi) is 19.1. The van der Waals surface area contributed by atoms with E-state index in [1.54, 1.807) is 0 Å². The Hall–Kier alpha value is -2.78. The maximum atomic E-state index is 9.92. The van der Waals surface area contributed by atoms with E-state index in [-0.39, 0.29) is 13.2 Å². The third-order valence-corrected chi connectivity index (χ3v) is 1.01. The number of ether oxygens (including phenoxy) is 1. The Balaban J connectivity index is -0.000000212. The van der Waals surface area contributed by atoms with Gasteiger partial charge in [-0.25, -0.2) is 19.2 Å². The summed E-state index contributed by atoms with van der Waals surface area (Å²) in [7, 11) is 0. The molecule has 0 saturated carbocycles. The molecule has 0 aliphatic carbocycles. The van der Waals surface area contributed by atoms with Crippen LogP contribution in [0.25, 0.3) is 0 Å². The Morgan fingerprint density at radius 3 is 1.24 bits per heavy atom. The first-order valence-electron chi connectivity index (χ1n) is 5.11. The normalized spacial score (nSPS) is 10.4. The van der Waals surface area contributed by atoms with Crippen molar-refractivity contribution in [1.82, 2.24) is 0 Å². The van der Waals surface area contributed by atoms with Crippen molar-refractivity contribution < 1.29 is 44.3 Å². The average molecular weight is 304 g/mol. The molecule has 9 heteroatoms. The van der Waals surface area contributed by atoms with Gasteiger partial charge in [0.1, 0.15) is 0 Å². The molecule has 0 spiro atoms. The molecule has 1 heterocycles.